The minimum absolute atomic E-state index is 0.0775. The molecule has 1 aliphatic rings. The molecule has 0 bridgehead atoms. The van der Waals surface area contributed by atoms with Crippen LogP contribution in [0.25, 0.3) is 6.08 Å². The first-order chi connectivity index (χ1) is 15.4. The van der Waals surface area contributed by atoms with Gasteiger partial charge in [-0.25, -0.2) is 4.79 Å². The molecule has 0 spiro atoms. The molecule has 2 aromatic carbocycles. The largest absolute Gasteiger partial charge is 0.497 e. The van der Waals surface area contributed by atoms with E-state index in [-0.39, 0.29) is 23.0 Å². The van der Waals surface area contributed by atoms with E-state index in [2.05, 4.69) is 5.32 Å². The fraction of sp³-hybridized carbons (Fsp3) is 0.227. The molecular formula is C22H21NO9. The Morgan fingerprint density at radius 1 is 1.12 bits per heavy atom. The summed E-state index contributed by atoms with van der Waals surface area (Å²) in [6.07, 6.45) is 1.54. The van der Waals surface area contributed by atoms with Crippen LogP contribution in [0, 0.1) is 0 Å². The van der Waals surface area contributed by atoms with Crippen molar-refractivity contribution in [3.8, 4) is 23.0 Å². The highest BCUT2D eigenvalue weighted by Gasteiger charge is 2.28. The molecule has 0 saturated carbocycles. The van der Waals surface area contributed by atoms with E-state index in [1.54, 1.807) is 24.3 Å². The van der Waals surface area contributed by atoms with Crippen LogP contribution in [0.4, 0.5) is 0 Å². The number of carboxylic acid groups (broad SMARTS) is 1. The summed E-state index contributed by atoms with van der Waals surface area (Å²) >= 11 is 0. The zero-order chi connectivity index (χ0) is 23.3. The van der Waals surface area contributed by atoms with Gasteiger partial charge in [-0.15, -0.1) is 0 Å². The lowest BCUT2D eigenvalue weighted by atomic mass is 10.1. The molecule has 0 aromatic heterocycles. The van der Waals surface area contributed by atoms with Crippen LogP contribution in [0.15, 0.2) is 42.2 Å². The van der Waals surface area contributed by atoms with E-state index in [9.17, 15) is 14.4 Å². The van der Waals surface area contributed by atoms with Gasteiger partial charge in [-0.3, -0.25) is 9.59 Å². The van der Waals surface area contributed by atoms with E-state index in [1.807, 2.05) is 0 Å². The maximum absolute atomic E-state index is 12.7. The Morgan fingerprint density at radius 2 is 1.88 bits per heavy atom. The average molecular weight is 443 g/mol. The molecule has 1 atom stereocenters. The van der Waals surface area contributed by atoms with Crippen molar-refractivity contribution in [2.75, 3.05) is 27.4 Å². The molecule has 1 aliphatic heterocycles. The number of aliphatic carboxylic acids is 1. The van der Waals surface area contributed by atoms with Crippen LogP contribution in [0.1, 0.15) is 15.9 Å². The Labute approximate surface area is 183 Å². The third-order valence-corrected chi connectivity index (χ3v) is 4.55. The van der Waals surface area contributed by atoms with Gasteiger partial charge in [0.05, 0.1) is 26.4 Å². The monoisotopic (exact) mass is 443 g/mol. The Kier molecular flexibility index (Phi) is 6.96. The second-order valence-corrected chi connectivity index (χ2v) is 6.64. The topological polar surface area (TPSA) is 141 Å². The van der Waals surface area contributed by atoms with Gasteiger partial charge in [0.1, 0.15) is 29.0 Å². The lowest BCUT2D eigenvalue weighted by molar-refractivity contribution is -0.143. The van der Waals surface area contributed by atoms with Crippen molar-refractivity contribution in [1.82, 2.24) is 5.32 Å². The predicted octanol–water partition coefficient (Wildman–Crippen LogP) is 1.26. The molecule has 0 fully saturated rings. The third-order valence-electron chi connectivity index (χ3n) is 4.55. The number of hydrogen-bond acceptors (Lipinski definition) is 8. The van der Waals surface area contributed by atoms with Gasteiger partial charge < -0.3 is 34.5 Å². The highest BCUT2D eigenvalue weighted by molar-refractivity contribution is 6.14. The van der Waals surface area contributed by atoms with Crippen molar-refractivity contribution in [3.63, 3.8) is 0 Å². The number of Topliss-reactive ketones (excluding diaryl/α,β-unsaturated/α-hetero) is 1. The third kappa shape index (κ3) is 4.98. The van der Waals surface area contributed by atoms with Gasteiger partial charge in [0.15, 0.2) is 12.4 Å². The first-order valence-electron chi connectivity index (χ1n) is 9.42. The molecule has 3 N–H and O–H groups in total. The molecule has 10 heteroatoms. The molecule has 10 nitrogen and oxygen atoms in total. The van der Waals surface area contributed by atoms with Crippen LogP contribution in [0.2, 0.25) is 0 Å². The van der Waals surface area contributed by atoms with Gasteiger partial charge in [-0.05, 0) is 36.4 Å². The number of carbonyl (C=O) groups is 3. The minimum atomic E-state index is -1.42. The number of rotatable bonds is 9. The molecule has 3 rings (SSSR count). The number of carbonyl (C=O) groups excluding carboxylic acids is 2. The smallest absolute Gasteiger partial charge is 0.328 e. The van der Waals surface area contributed by atoms with Crippen LogP contribution < -0.4 is 24.3 Å². The number of methoxy groups -OCH3 is 2. The van der Waals surface area contributed by atoms with Crippen LogP contribution >= 0.6 is 0 Å². The second kappa shape index (κ2) is 9.84. The van der Waals surface area contributed by atoms with E-state index < -0.39 is 31.1 Å². The highest BCUT2D eigenvalue weighted by atomic mass is 16.5. The van der Waals surface area contributed by atoms with Gasteiger partial charge in [-0.1, -0.05) is 0 Å². The molecule has 1 amide bonds. The summed E-state index contributed by atoms with van der Waals surface area (Å²) in [6, 6.07) is 8.16. The Balaban J connectivity index is 1.73. The summed E-state index contributed by atoms with van der Waals surface area (Å²) in [7, 11) is 3.04. The first kappa shape index (κ1) is 22.6. The lowest BCUT2D eigenvalue weighted by Crippen LogP contribution is -2.45. The normalized spacial score (nSPS) is 14.3. The molecule has 32 heavy (non-hydrogen) atoms. The zero-order valence-electron chi connectivity index (χ0n) is 17.3. The molecule has 168 valence electrons. The second-order valence-electron chi connectivity index (χ2n) is 6.64. The van der Waals surface area contributed by atoms with Crippen molar-refractivity contribution < 1.29 is 43.5 Å². The Hall–Kier alpha value is -4.05. The molecule has 0 aliphatic carbocycles. The average Bonchev–Trinajstić information content (AvgIpc) is 3.10. The van der Waals surface area contributed by atoms with Crippen molar-refractivity contribution >= 4 is 23.7 Å². The predicted molar refractivity (Wildman–Crippen MR) is 111 cm³/mol. The number of fused-ring (bicyclic) bond motifs is 1. The van der Waals surface area contributed by atoms with E-state index >= 15 is 0 Å². The number of benzene rings is 2. The van der Waals surface area contributed by atoms with Gasteiger partial charge in [0.25, 0.3) is 5.91 Å². The lowest BCUT2D eigenvalue weighted by Gasteiger charge is -2.12. The van der Waals surface area contributed by atoms with E-state index in [0.717, 1.165) is 0 Å². The quantitative estimate of drug-likeness (QED) is 0.489. The molecule has 0 unspecified atom stereocenters. The summed E-state index contributed by atoms with van der Waals surface area (Å²) in [6.45, 7) is -1.23. The molecule has 1 heterocycles. The van der Waals surface area contributed by atoms with Gasteiger partial charge in [-0.2, -0.15) is 0 Å². The number of ketones is 1. The van der Waals surface area contributed by atoms with E-state index in [1.165, 1.54) is 32.4 Å². The van der Waals surface area contributed by atoms with Crippen LogP contribution in [0.3, 0.4) is 0 Å². The van der Waals surface area contributed by atoms with E-state index in [0.29, 0.717) is 22.6 Å². The van der Waals surface area contributed by atoms with Crippen molar-refractivity contribution in [2.45, 2.75) is 6.04 Å². The summed E-state index contributed by atoms with van der Waals surface area (Å²) in [5, 5.41) is 19.9. The number of ether oxygens (including phenoxy) is 4. The van der Waals surface area contributed by atoms with Gasteiger partial charge in [0.2, 0.25) is 5.78 Å². The van der Waals surface area contributed by atoms with E-state index in [4.69, 9.17) is 29.2 Å². The molecule has 2 aromatic rings. The molecule has 0 radical (unpaired) electrons. The van der Waals surface area contributed by atoms with Crippen molar-refractivity contribution in [1.29, 1.82) is 0 Å². The summed E-state index contributed by atoms with van der Waals surface area (Å²) in [5.41, 5.74) is 0.911. The highest BCUT2D eigenvalue weighted by Crippen LogP contribution is 2.36. The van der Waals surface area contributed by atoms with Gasteiger partial charge in [0, 0.05) is 11.6 Å². The van der Waals surface area contributed by atoms with Gasteiger partial charge >= 0.3 is 5.97 Å². The van der Waals surface area contributed by atoms with Crippen LogP contribution in [0.5, 0.6) is 23.0 Å². The fourth-order valence-electron chi connectivity index (χ4n) is 2.92. The molecular weight excluding hydrogens is 422 g/mol. The number of aliphatic hydroxyl groups is 1. The van der Waals surface area contributed by atoms with Crippen molar-refractivity contribution in [3.05, 3.63) is 53.3 Å². The number of allylic oxidation sites excluding steroid dienone is 1. The van der Waals surface area contributed by atoms with Crippen molar-refractivity contribution in [2.24, 2.45) is 0 Å². The summed E-state index contributed by atoms with van der Waals surface area (Å²) < 4.78 is 21.5. The summed E-state index contributed by atoms with van der Waals surface area (Å²) in [4.78, 5) is 35.4. The molecule has 0 saturated heterocycles. The standard InChI is InChI=1S/C22H21NO9/c1-29-13-4-6-17(30-2)12(7-13)8-19-21(26)15-5-3-14(9-18(15)32-19)31-11-20(25)23-16(10-24)22(27)28/h3-9,16,24H,10-11H2,1-2H3,(H,23,25)(H,27,28)/t16-/m0/s1. The maximum atomic E-state index is 12.7. The van der Waals surface area contributed by atoms with Crippen LogP contribution in [-0.4, -0.2) is 61.3 Å². The first-order valence-corrected chi connectivity index (χ1v) is 9.42. The number of hydrogen-bond donors (Lipinski definition) is 3. The Morgan fingerprint density at radius 3 is 2.53 bits per heavy atom. The SMILES string of the molecule is COc1ccc(OC)c(C=C2Oc3cc(OCC(=O)N[C@@H](CO)C(=O)O)ccc3C2=O)c1. The number of carboxylic acids is 1. The number of aliphatic hydroxyl groups excluding tert-OH is 1. The summed E-state index contributed by atoms with van der Waals surface area (Å²) in [5.74, 6) is -0.742. The maximum Gasteiger partial charge on any atom is 0.328 e. The fourth-order valence-corrected chi connectivity index (χ4v) is 2.92. The van der Waals surface area contributed by atoms with Crippen LogP contribution in [-0.2, 0) is 9.59 Å². The zero-order valence-corrected chi connectivity index (χ0v) is 17.3. The Bertz CT molecular complexity index is 1080. The number of nitrogens with one attached hydrogen (secondary N) is 1. The number of amides is 1. The minimum Gasteiger partial charge on any atom is -0.497 e.